The monoisotopic (exact) mass is 386 g/mol. The molecule has 27 heavy (non-hydrogen) atoms. The molecule has 0 unspecified atom stereocenters. The van der Waals surface area contributed by atoms with Crippen LogP contribution in [0.25, 0.3) is 5.69 Å². The highest BCUT2D eigenvalue weighted by atomic mass is 35.5. The number of nitrogens with one attached hydrogen (secondary N) is 1. The van der Waals surface area contributed by atoms with E-state index in [1.54, 1.807) is 36.4 Å². The highest BCUT2D eigenvalue weighted by Crippen LogP contribution is 2.39. The van der Waals surface area contributed by atoms with Gasteiger partial charge in [-0.05, 0) is 30.3 Å². The van der Waals surface area contributed by atoms with Crippen molar-refractivity contribution in [3.05, 3.63) is 70.0 Å². The van der Waals surface area contributed by atoms with E-state index in [2.05, 4.69) is 5.32 Å². The maximum absolute atomic E-state index is 12.6. The number of hydrogen-bond donors (Lipinski definition) is 1. The SMILES string of the molecule is COc1cc(-n2c(Nc3ccc(Cl)cc3)cccc2=O)cc(OC)c1OC. The predicted molar refractivity (Wildman–Crippen MR) is 106 cm³/mol. The van der Waals surface area contributed by atoms with E-state index >= 15 is 0 Å². The zero-order valence-electron chi connectivity index (χ0n) is 15.2. The molecule has 0 radical (unpaired) electrons. The summed E-state index contributed by atoms with van der Waals surface area (Å²) in [6.45, 7) is 0. The summed E-state index contributed by atoms with van der Waals surface area (Å²) in [6.07, 6.45) is 0. The number of anilines is 2. The largest absolute Gasteiger partial charge is 0.493 e. The maximum atomic E-state index is 12.6. The van der Waals surface area contributed by atoms with Gasteiger partial charge < -0.3 is 19.5 Å². The Morgan fingerprint density at radius 1 is 0.889 bits per heavy atom. The third kappa shape index (κ3) is 3.85. The van der Waals surface area contributed by atoms with Gasteiger partial charge in [-0.1, -0.05) is 17.7 Å². The van der Waals surface area contributed by atoms with Gasteiger partial charge in [0.15, 0.2) is 11.5 Å². The van der Waals surface area contributed by atoms with Crippen LogP contribution in [0.1, 0.15) is 0 Å². The summed E-state index contributed by atoms with van der Waals surface area (Å²) in [5.74, 6) is 1.96. The minimum Gasteiger partial charge on any atom is -0.493 e. The van der Waals surface area contributed by atoms with Crippen molar-refractivity contribution >= 4 is 23.1 Å². The first-order valence-electron chi connectivity index (χ1n) is 8.12. The standard InChI is InChI=1S/C20H19ClN2O4/c1-25-16-11-15(12-17(26-2)20(16)27-3)23-18(5-4-6-19(23)24)22-14-9-7-13(21)8-10-14/h4-12,22H,1-3H3. The molecule has 0 amide bonds. The van der Waals surface area contributed by atoms with Gasteiger partial charge in [0.25, 0.3) is 5.56 Å². The second-order valence-electron chi connectivity index (χ2n) is 5.60. The summed E-state index contributed by atoms with van der Waals surface area (Å²) in [6, 6.07) is 15.6. The topological polar surface area (TPSA) is 61.7 Å². The average Bonchev–Trinajstić information content (AvgIpc) is 2.68. The molecule has 3 aromatic rings. The molecule has 2 aromatic carbocycles. The number of benzene rings is 2. The summed E-state index contributed by atoms with van der Waals surface area (Å²) in [7, 11) is 4.59. The minimum absolute atomic E-state index is 0.205. The van der Waals surface area contributed by atoms with Crippen molar-refractivity contribution < 1.29 is 14.2 Å². The Bertz CT molecular complexity index is 975. The number of nitrogens with zero attached hydrogens (tertiary/aromatic N) is 1. The van der Waals surface area contributed by atoms with Crippen molar-refractivity contribution in [2.45, 2.75) is 0 Å². The van der Waals surface area contributed by atoms with Crippen LogP contribution in [-0.2, 0) is 0 Å². The molecule has 0 aliphatic rings. The maximum Gasteiger partial charge on any atom is 0.256 e. The van der Waals surface area contributed by atoms with Gasteiger partial charge in [-0.15, -0.1) is 0 Å². The zero-order valence-corrected chi connectivity index (χ0v) is 15.9. The molecule has 0 atom stereocenters. The number of pyridine rings is 1. The van der Waals surface area contributed by atoms with Gasteiger partial charge in [0.1, 0.15) is 5.82 Å². The number of ether oxygens (including phenoxy) is 3. The highest BCUT2D eigenvalue weighted by molar-refractivity contribution is 6.30. The second kappa shape index (κ2) is 8.05. The summed E-state index contributed by atoms with van der Waals surface area (Å²) in [4.78, 5) is 12.6. The lowest BCUT2D eigenvalue weighted by Crippen LogP contribution is -2.19. The molecule has 7 heteroatoms. The fourth-order valence-corrected chi connectivity index (χ4v) is 2.86. The number of hydrogen-bond acceptors (Lipinski definition) is 5. The van der Waals surface area contributed by atoms with Crippen LogP contribution in [0.3, 0.4) is 0 Å². The lowest BCUT2D eigenvalue weighted by Gasteiger charge is -2.18. The van der Waals surface area contributed by atoms with Crippen LogP contribution >= 0.6 is 11.6 Å². The number of aromatic nitrogens is 1. The van der Waals surface area contributed by atoms with Crippen molar-refractivity contribution in [1.82, 2.24) is 4.57 Å². The fraction of sp³-hybridized carbons (Fsp3) is 0.150. The van der Waals surface area contributed by atoms with Crippen LogP contribution in [0, 0.1) is 0 Å². The van der Waals surface area contributed by atoms with E-state index in [1.807, 2.05) is 12.1 Å². The molecule has 3 rings (SSSR count). The lowest BCUT2D eigenvalue weighted by molar-refractivity contribution is 0.324. The van der Waals surface area contributed by atoms with Crippen LogP contribution < -0.4 is 25.1 Å². The molecule has 0 fully saturated rings. The first kappa shape index (κ1) is 18.7. The Labute approximate surface area is 161 Å². The van der Waals surface area contributed by atoms with Crippen LogP contribution in [0.15, 0.2) is 59.4 Å². The quantitative estimate of drug-likeness (QED) is 0.685. The van der Waals surface area contributed by atoms with Gasteiger partial charge in [0.05, 0.1) is 27.0 Å². The van der Waals surface area contributed by atoms with Crippen LogP contribution in [0.2, 0.25) is 5.02 Å². The molecule has 1 aromatic heterocycles. The Kier molecular flexibility index (Phi) is 5.57. The van der Waals surface area contributed by atoms with Gasteiger partial charge in [-0.25, -0.2) is 0 Å². The summed E-state index contributed by atoms with van der Waals surface area (Å²) < 4.78 is 17.7. The molecule has 0 bridgehead atoms. The predicted octanol–water partition coefficient (Wildman–Crippen LogP) is 4.26. The minimum atomic E-state index is -0.205. The molecular formula is C20H19ClN2O4. The van der Waals surface area contributed by atoms with Crippen molar-refractivity contribution in [2.24, 2.45) is 0 Å². The highest BCUT2D eigenvalue weighted by Gasteiger charge is 2.16. The molecule has 0 aliphatic heterocycles. The molecule has 1 N–H and O–H groups in total. The van der Waals surface area contributed by atoms with Crippen molar-refractivity contribution in [1.29, 1.82) is 0 Å². The van der Waals surface area contributed by atoms with Gasteiger partial charge in [-0.3, -0.25) is 9.36 Å². The smallest absolute Gasteiger partial charge is 0.256 e. The van der Waals surface area contributed by atoms with Crippen LogP contribution in [0.5, 0.6) is 17.2 Å². The molecule has 1 heterocycles. The Morgan fingerprint density at radius 3 is 2.07 bits per heavy atom. The Hall–Kier alpha value is -3.12. The molecule has 0 saturated heterocycles. The van der Waals surface area contributed by atoms with E-state index in [1.165, 1.54) is 32.0 Å². The summed E-state index contributed by atoms with van der Waals surface area (Å²) in [5.41, 5.74) is 1.17. The molecule has 0 spiro atoms. The van der Waals surface area contributed by atoms with Gasteiger partial charge in [-0.2, -0.15) is 0 Å². The van der Waals surface area contributed by atoms with E-state index in [4.69, 9.17) is 25.8 Å². The van der Waals surface area contributed by atoms with E-state index in [-0.39, 0.29) is 5.56 Å². The van der Waals surface area contributed by atoms with E-state index in [0.717, 1.165) is 5.69 Å². The summed E-state index contributed by atoms with van der Waals surface area (Å²) >= 11 is 5.94. The average molecular weight is 387 g/mol. The number of rotatable bonds is 6. The van der Waals surface area contributed by atoms with Crippen molar-refractivity contribution in [3.8, 4) is 22.9 Å². The zero-order chi connectivity index (χ0) is 19.4. The van der Waals surface area contributed by atoms with E-state index in [9.17, 15) is 4.79 Å². The first-order valence-corrected chi connectivity index (χ1v) is 8.50. The summed E-state index contributed by atoms with van der Waals surface area (Å²) in [5, 5.41) is 3.87. The van der Waals surface area contributed by atoms with Gasteiger partial charge in [0.2, 0.25) is 5.75 Å². The molecule has 0 aliphatic carbocycles. The molecular weight excluding hydrogens is 368 g/mol. The third-order valence-electron chi connectivity index (χ3n) is 3.98. The lowest BCUT2D eigenvalue weighted by atomic mass is 10.2. The second-order valence-corrected chi connectivity index (χ2v) is 6.04. The fourth-order valence-electron chi connectivity index (χ4n) is 2.73. The Morgan fingerprint density at radius 2 is 1.52 bits per heavy atom. The number of halogens is 1. The normalized spacial score (nSPS) is 10.4. The van der Waals surface area contributed by atoms with Crippen molar-refractivity contribution in [2.75, 3.05) is 26.6 Å². The van der Waals surface area contributed by atoms with Gasteiger partial charge >= 0.3 is 0 Å². The Balaban J connectivity index is 2.14. The molecule has 0 saturated carbocycles. The third-order valence-corrected chi connectivity index (χ3v) is 4.23. The number of methoxy groups -OCH3 is 3. The molecule has 6 nitrogen and oxygen atoms in total. The van der Waals surface area contributed by atoms with E-state index in [0.29, 0.717) is 33.8 Å². The van der Waals surface area contributed by atoms with Crippen LogP contribution in [0.4, 0.5) is 11.5 Å². The van der Waals surface area contributed by atoms with Gasteiger partial charge in [0, 0.05) is 28.9 Å². The van der Waals surface area contributed by atoms with Crippen molar-refractivity contribution in [3.63, 3.8) is 0 Å². The first-order chi connectivity index (χ1) is 13.1. The molecule has 140 valence electrons. The van der Waals surface area contributed by atoms with E-state index < -0.39 is 0 Å². The van der Waals surface area contributed by atoms with Crippen LogP contribution in [-0.4, -0.2) is 25.9 Å².